The van der Waals surface area contributed by atoms with Crippen LogP contribution in [0.4, 0.5) is 0 Å². The van der Waals surface area contributed by atoms with Crippen LogP contribution in [0.2, 0.25) is 0 Å². The maximum Gasteiger partial charge on any atom is 0.178 e. The smallest absolute Gasteiger partial charge is 0.178 e. The van der Waals surface area contributed by atoms with E-state index in [9.17, 15) is 0 Å². The van der Waals surface area contributed by atoms with Crippen LogP contribution in [-0.2, 0) is 0 Å². The van der Waals surface area contributed by atoms with Gasteiger partial charge in [-0.3, -0.25) is 9.97 Å². The number of fused-ring (bicyclic) bond motifs is 2. The standard InChI is InChI=1S/2C10H11N3/c1-7(2)8-5-9-10(13-6-8)12-4-3-11-9;1-7(2)9-10-8(3-4-12-9)5-11-6-13-10/h2*3-7H,1-2H3. The van der Waals surface area contributed by atoms with Crippen molar-refractivity contribution in [2.75, 3.05) is 0 Å². The summed E-state index contributed by atoms with van der Waals surface area (Å²) < 4.78 is 0. The van der Waals surface area contributed by atoms with Gasteiger partial charge in [0.1, 0.15) is 11.8 Å². The van der Waals surface area contributed by atoms with Crippen LogP contribution in [0.1, 0.15) is 50.8 Å². The third-order valence-electron chi connectivity index (χ3n) is 4.01. The molecule has 0 N–H and O–H groups in total. The molecule has 0 aromatic carbocycles. The van der Waals surface area contributed by atoms with Crippen LogP contribution in [0, 0.1) is 0 Å². The predicted octanol–water partition coefficient (Wildman–Crippen LogP) is 4.30. The molecule has 0 spiro atoms. The summed E-state index contributed by atoms with van der Waals surface area (Å²) in [6, 6.07) is 3.97. The Balaban J connectivity index is 0.000000151. The Bertz CT molecular complexity index is 1000. The maximum atomic E-state index is 4.32. The maximum absolute atomic E-state index is 4.32. The largest absolute Gasteiger partial charge is 0.259 e. The van der Waals surface area contributed by atoms with E-state index in [0.29, 0.717) is 17.5 Å². The number of hydrogen-bond acceptors (Lipinski definition) is 6. The number of aromatic nitrogens is 6. The lowest BCUT2D eigenvalue weighted by molar-refractivity contribution is 0.830. The lowest BCUT2D eigenvalue weighted by Gasteiger charge is -2.06. The lowest BCUT2D eigenvalue weighted by Crippen LogP contribution is -1.95. The molecule has 4 heterocycles. The van der Waals surface area contributed by atoms with Crippen LogP contribution in [-0.4, -0.2) is 29.9 Å². The molecule has 0 amide bonds. The molecule has 0 bridgehead atoms. The van der Waals surface area contributed by atoms with Gasteiger partial charge in [-0.05, 0) is 29.5 Å². The molecule has 6 heteroatoms. The van der Waals surface area contributed by atoms with E-state index in [1.165, 1.54) is 5.56 Å². The molecule has 6 nitrogen and oxygen atoms in total. The summed E-state index contributed by atoms with van der Waals surface area (Å²) in [6.07, 6.45) is 10.4. The molecule has 0 fully saturated rings. The molecule has 0 atom stereocenters. The van der Waals surface area contributed by atoms with Crippen molar-refractivity contribution in [3.63, 3.8) is 0 Å². The summed E-state index contributed by atoms with van der Waals surface area (Å²) in [4.78, 5) is 25.1. The van der Waals surface area contributed by atoms with Crippen LogP contribution in [0.25, 0.3) is 22.1 Å². The topological polar surface area (TPSA) is 77.3 Å². The van der Waals surface area contributed by atoms with Gasteiger partial charge in [-0.15, -0.1) is 0 Å². The number of rotatable bonds is 2. The van der Waals surface area contributed by atoms with E-state index in [-0.39, 0.29) is 0 Å². The molecule has 132 valence electrons. The Morgan fingerprint density at radius 2 is 1.58 bits per heavy atom. The molecular formula is C20H22N6. The Kier molecular flexibility index (Phi) is 5.41. The fourth-order valence-corrected chi connectivity index (χ4v) is 2.55. The SMILES string of the molecule is CC(C)c1cnc2nccnc2c1.CC(C)c1nccc2cncnc12. The fourth-order valence-electron chi connectivity index (χ4n) is 2.55. The molecule has 0 radical (unpaired) electrons. The number of nitrogens with zero attached hydrogens (tertiary/aromatic N) is 6. The predicted molar refractivity (Wildman–Crippen MR) is 103 cm³/mol. The highest BCUT2D eigenvalue weighted by atomic mass is 14.9. The van der Waals surface area contributed by atoms with Crippen LogP contribution >= 0.6 is 0 Å². The molecular weight excluding hydrogens is 324 g/mol. The van der Waals surface area contributed by atoms with Gasteiger partial charge in [0, 0.05) is 36.4 Å². The van der Waals surface area contributed by atoms with Gasteiger partial charge in [0.05, 0.1) is 11.2 Å². The minimum atomic E-state index is 0.401. The summed E-state index contributed by atoms with van der Waals surface area (Å²) in [6.45, 7) is 8.51. The van der Waals surface area contributed by atoms with Crippen LogP contribution in [0.3, 0.4) is 0 Å². The molecule has 0 aliphatic rings. The van der Waals surface area contributed by atoms with Crippen LogP contribution in [0.5, 0.6) is 0 Å². The second-order valence-corrected chi connectivity index (χ2v) is 6.63. The molecule has 0 saturated carbocycles. The molecule has 4 aromatic rings. The van der Waals surface area contributed by atoms with Gasteiger partial charge in [-0.1, -0.05) is 27.7 Å². The zero-order valence-corrected chi connectivity index (χ0v) is 15.5. The molecule has 0 unspecified atom stereocenters. The van der Waals surface area contributed by atoms with Crippen molar-refractivity contribution in [1.82, 2.24) is 29.9 Å². The molecule has 0 saturated heterocycles. The van der Waals surface area contributed by atoms with Crippen molar-refractivity contribution in [2.24, 2.45) is 0 Å². The van der Waals surface area contributed by atoms with Crippen LogP contribution in [0.15, 0.2) is 49.4 Å². The zero-order valence-electron chi connectivity index (χ0n) is 15.5. The van der Waals surface area contributed by atoms with E-state index in [0.717, 1.165) is 22.1 Å². The summed E-state index contributed by atoms with van der Waals surface area (Å²) >= 11 is 0. The summed E-state index contributed by atoms with van der Waals surface area (Å²) in [5.74, 6) is 0.887. The van der Waals surface area contributed by atoms with Crippen LogP contribution < -0.4 is 0 Å². The highest BCUT2D eigenvalue weighted by Crippen LogP contribution is 2.19. The first kappa shape index (κ1) is 17.8. The second-order valence-electron chi connectivity index (χ2n) is 6.63. The van der Waals surface area contributed by atoms with Gasteiger partial charge in [0.15, 0.2) is 5.65 Å². The van der Waals surface area contributed by atoms with Crippen molar-refractivity contribution in [3.05, 3.63) is 60.7 Å². The van der Waals surface area contributed by atoms with Gasteiger partial charge in [0.25, 0.3) is 0 Å². The van der Waals surface area contributed by atoms with E-state index in [1.54, 1.807) is 24.9 Å². The summed E-state index contributed by atoms with van der Waals surface area (Å²) in [7, 11) is 0. The average molecular weight is 346 g/mol. The minimum Gasteiger partial charge on any atom is -0.259 e. The Hall–Kier alpha value is -3.02. The van der Waals surface area contributed by atoms with Gasteiger partial charge >= 0.3 is 0 Å². The molecule has 4 aromatic heterocycles. The summed E-state index contributed by atoms with van der Waals surface area (Å²) in [5.41, 5.74) is 4.79. The zero-order chi connectivity index (χ0) is 18.5. The quantitative estimate of drug-likeness (QED) is 0.538. The molecule has 0 aliphatic carbocycles. The Labute approximate surface area is 152 Å². The minimum absolute atomic E-state index is 0.401. The normalized spacial score (nSPS) is 11.0. The molecule has 26 heavy (non-hydrogen) atoms. The highest BCUT2D eigenvalue weighted by molar-refractivity contribution is 5.79. The van der Waals surface area contributed by atoms with Gasteiger partial charge in [-0.2, -0.15) is 0 Å². The molecule has 4 rings (SSSR count). The fraction of sp³-hybridized carbons (Fsp3) is 0.300. The van der Waals surface area contributed by atoms with E-state index >= 15 is 0 Å². The molecule has 0 aliphatic heterocycles. The monoisotopic (exact) mass is 346 g/mol. The lowest BCUT2D eigenvalue weighted by atomic mass is 10.1. The Morgan fingerprint density at radius 1 is 0.769 bits per heavy atom. The first-order chi connectivity index (χ1) is 12.6. The Morgan fingerprint density at radius 3 is 2.35 bits per heavy atom. The van der Waals surface area contributed by atoms with Gasteiger partial charge in [-0.25, -0.2) is 19.9 Å². The third kappa shape index (κ3) is 3.96. The van der Waals surface area contributed by atoms with E-state index in [4.69, 9.17) is 0 Å². The third-order valence-corrected chi connectivity index (χ3v) is 4.01. The van der Waals surface area contributed by atoms with Gasteiger partial charge in [0.2, 0.25) is 0 Å². The van der Waals surface area contributed by atoms with Crippen molar-refractivity contribution in [3.8, 4) is 0 Å². The van der Waals surface area contributed by atoms with E-state index < -0.39 is 0 Å². The average Bonchev–Trinajstić information content (AvgIpc) is 2.67. The van der Waals surface area contributed by atoms with Crippen molar-refractivity contribution >= 4 is 22.1 Å². The summed E-state index contributed by atoms with van der Waals surface area (Å²) in [5, 5.41) is 1.06. The van der Waals surface area contributed by atoms with Crippen molar-refractivity contribution in [2.45, 2.75) is 39.5 Å². The van der Waals surface area contributed by atoms with Crippen molar-refractivity contribution in [1.29, 1.82) is 0 Å². The second kappa shape index (κ2) is 7.91. The highest BCUT2D eigenvalue weighted by Gasteiger charge is 2.06. The van der Waals surface area contributed by atoms with Gasteiger partial charge < -0.3 is 0 Å². The number of pyridine rings is 2. The van der Waals surface area contributed by atoms with E-state index in [1.807, 2.05) is 24.5 Å². The number of hydrogen-bond donors (Lipinski definition) is 0. The van der Waals surface area contributed by atoms with Crippen molar-refractivity contribution < 1.29 is 0 Å². The first-order valence-electron chi connectivity index (χ1n) is 8.67. The van der Waals surface area contributed by atoms with E-state index in [2.05, 4.69) is 57.6 Å². The first-order valence-corrected chi connectivity index (χ1v) is 8.67.